The van der Waals surface area contributed by atoms with Crippen molar-refractivity contribution < 1.29 is 0 Å². The van der Waals surface area contributed by atoms with Crippen molar-refractivity contribution in [2.45, 2.75) is 0 Å². The zero-order valence-corrected chi connectivity index (χ0v) is 31.4. The third-order valence-corrected chi connectivity index (χ3v) is 12.5. The molecule has 0 aliphatic rings. The molecule has 0 fully saturated rings. The minimum Gasteiger partial charge on any atom is -0.308 e. The Balaban J connectivity index is 1.23. The van der Waals surface area contributed by atoms with Gasteiger partial charge in [0.15, 0.2) is 0 Å². The standard InChI is InChI=1S/C54H35NS/c1-2-15-36(16-3-1)39-19-12-20-40(35-39)37-31-33-41(34-32-37)55(50-29-14-28-49-45-24-10-11-30-51(45)56-54(49)50)53-48-26-9-7-23-44(48)43-22-6-8-25-47(43)52(53)46-27-13-18-38-17-4-5-21-42(38)46/h1-35H. The molecular formula is C54H35NS. The second kappa shape index (κ2) is 13.4. The van der Waals surface area contributed by atoms with Crippen LogP contribution in [0.2, 0.25) is 0 Å². The molecule has 56 heavy (non-hydrogen) atoms. The summed E-state index contributed by atoms with van der Waals surface area (Å²) in [6.45, 7) is 0. The van der Waals surface area contributed by atoms with Gasteiger partial charge in [0.1, 0.15) is 0 Å². The van der Waals surface area contributed by atoms with E-state index in [1.807, 2.05) is 11.3 Å². The highest BCUT2D eigenvalue weighted by atomic mass is 32.1. The van der Waals surface area contributed by atoms with Gasteiger partial charge in [-0.05, 0) is 85.1 Å². The zero-order chi connectivity index (χ0) is 37.0. The summed E-state index contributed by atoms with van der Waals surface area (Å²) in [5, 5.41) is 9.99. The van der Waals surface area contributed by atoms with E-state index < -0.39 is 0 Å². The van der Waals surface area contributed by atoms with E-state index in [1.165, 1.54) is 97.2 Å². The molecule has 2 heteroatoms. The molecule has 0 spiro atoms. The van der Waals surface area contributed by atoms with Crippen LogP contribution in [0.4, 0.5) is 17.1 Å². The predicted molar refractivity (Wildman–Crippen MR) is 243 cm³/mol. The Morgan fingerprint density at radius 2 is 0.875 bits per heavy atom. The molecule has 1 heterocycles. The smallest absolute Gasteiger partial charge is 0.0640 e. The zero-order valence-electron chi connectivity index (χ0n) is 30.6. The van der Waals surface area contributed by atoms with E-state index in [4.69, 9.17) is 0 Å². The molecule has 0 amide bonds. The Kier molecular flexibility index (Phi) is 7.75. The Labute approximate surface area is 330 Å². The third kappa shape index (κ3) is 5.30. The van der Waals surface area contributed by atoms with Crippen molar-refractivity contribution in [2.24, 2.45) is 0 Å². The van der Waals surface area contributed by atoms with Crippen LogP contribution in [-0.2, 0) is 0 Å². The Hall–Kier alpha value is -7.00. The van der Waals surface area contributed by atoms with Gasteiger partial charge in [-0.25, -0.2) is 0 Å². The summed E-state index contributed by atoms with van der Waals surface area (Å²) in [6, 6.07) is 77.8. The number of rotatable bonds is 6. The fraction of sp³-hybridized carbons (Fsp3) is 0. The summed E-state index contributed by atoms with van der Waals surface area (Å²) >= 11 is 1.88. The van der Waals surface area contributed by atoms with E-state index in [2.05, 4.69) is 217 Å². The number of hydrogen-bond donors (Lipinski definition) is 0. The first kappa shape index (κ1) is 32.4. The highest BCUT2D eigenvalue weighted by Crippen LogP contribution is 2.53. The largest absolute Gasteiger partial charge is 0.308 e. The maximum Gasteiger partial charge on any atom is 0.0640 e. The molecule has 1 nitrogen and oxygen atoms in total. The molecular weight excluding hydrogens is 695 g/mol. The highest BCUT2D eigenvalue weighted by molar-refractivity contribution is 7.26. The second-order valence-electron chi connectivity index (χ2n) is 14.4. The van der Waals surface area contributed by atoms with Crippen LogP contribution in [-0.4, -0.2) is 0 Å². The van der Waals surface area contributed by atoms with Gasteiger partial charge in [-0.3, -0.25) is 0 Å². The summed E-state index contributed by atoms with van der Waals surface area (Å²) in [5.74, 6) is 0. The number of hydrogen-bond acceptors (Lipinski definition) is 2. The van der Waals surface area contributed by atoms with Gasteiger partial charge in [-0.2, -0.15) is 0 Å². The van der Waals surface area contributed by atoms with Crippen molar-refractivity contribution in [1.29, 1.82) is 0 Å². The lowest BCUT2D eigenvalue weighted by Crippen LogP contribution is -2.12. The summed E-state index contributed by atoms with van der Waals surface area (Å²) in [5.41, 5.74) is 10.7. The molecule has 0 atom stereocenters. The van der Waals surface area contributed by atoms with Crippen molar-refractivity contribution in [3.05, 3.63) is 212 Å². The van der Waals surface area contributed by atoms with E-state index >= 15 is 0 Å². The number of fused-ring (bicyclic) bond motifs is 7. The highest BCUT2D eigenvalue weighted by Gasteiger charge is 2.26. The van der Waals surface area contributed by atoms with Crippen molar-refractivity contribution in [1.82, 2.24) is 0 Å². The van der Waals surface area contributed by atoms with Gasteiger partial charge >= 0.3 is 0 Å². The Morgan fingerprint density at radius 3 is 1.66 bits per heavy atom. The normalized spacial score (nSPS) is 11.6. The molecule has 0 aliphatic carbocycles. The lowest BCUT2D eigenvalue weighted by atomic mass is 9.88. The van der Waals surface area contributed by atoms with Gasteiger partial charge in [0.2, 0.25) is 0 Å². The van der Waals surface area contributed by atoms with Crippen LogP contribution in [0.25, 0.3) is 85.9 Å². The van der Waals surface area contributed by atoms with E-state index in [0.717, 1.165) is 5.69 Å². The van der Waals surface area contributed by atoms with Crippen molar-refractivity contribution in [2.75, 3.05) is 4.90 Å². The third-order valence-electron chi connectivity index (χ3n) is 11.2. The van der Waals surface area contributed by atoms with Gasteiger partial charge in [0.25, 0.3) is 0 Å². The lowest BCUT2D eigenvalue weighted by molar-refractivity contribution is 1.32. The molecule has 0 aliphatic heterocycles. The van der Waals surface area contributed by atoms with Crippen molar-refractivity contribution in [3.8, 4) is 33.4 Å². The summed E-state index contributed by atoms with van der Waals surface area (Å²) in [6.07, 6.45) is 0. The minimum atomic E-state index is 1.11. The van der Waals surface area contributed by atoms with E-state index in [0.29, 0.717) is 0 Å². The average molecular weight is 730 g/mol. The molecule has 1 aromatic heterocycles. The molecule has 0 N–H and O–H groups in total. The van der Waals surface area contributed by atoms with Gasteiger partial charge in [-0.1, -0.05) is 182 Å². The molecule has 10 aromatic carbocycles. The van der Waals surface area contributed by atoms with E-state index in [9.17, 15) is 0 Å². The summed E-state index contributed by atoms with van der Waals surface area (Å²) in [4.78, 5) is 2.55. The number of benzene rings is 10. The predicted octanol–water partition coefficient (Wildman–Crippen LogP) is 16.0. The summed E-state index contributed by atoms with van der Waals surface area (Å²) < 4.78 is 2.57. The van der Waals surface area contributed by atoms with Gasteiger partial charge in [0.05, 0.1) is 16.1 Å². The van der Waals surface area contributed by atoms with Crippen LogP contribution in [0.1, 0.15) is 0 Å². The molecule has 0 radical (unpaired) electrons. The lowest BCUT2D eigenvalue weighted by Gasteiger charge is -2.31. The fourth-order valence-corrected chi connectivity index (χ4v) is 9.89. The SMILES string of the molecule is c1ccc(-c2cccc(-c3ccc(N(c4c(-c5cccc6ccccc56)c5ccccc5c5ccccc45)c4cccc5c4sc4ccccc45)cc3)c2)cc1. The average Bonchev–Trinajstić information content (AvgIpc) is 3.66. The van der Waals surface area contributed by atoms with Crippen LogP contribution in [0, 0.1) is 0 Å². The van der Waals surface area contributed by atoms with Gasteiger partial charge in [0, 0.05) is 32.1 Å². The maximum absolute atomic E-state index is 2.55. The first-order valence-electron chi connectivity index (χ1n) is 19.2. The molecule has 0 bridgehead atoms. The van der Waals surface area contributed by atoms with Crippen molar-refractivity contribution in [3.63, 3.8) is 0 Å². The molecule has 0 unspecified atom stereocenters. The van der Waals surface area contributed by atoms with Crippen molar-refractivity contribution >= 4 is 80.9 Å². The molecule has 0 saturated carbocycles. The topological polar surface area (TPSA) is 3.24 Å². The number of anilines is 3. The Morgan fingerprint density at radius 1 is 0.339 bits per heavy atom. The van der Waals surface area contributed by atoms with Gasteiger partial charge < -0.3 is 4.90 Å². The van der Waals surface area contributed by atoms with E-state index in [-0.39, 0.29) is 0 Å². The Bertz CT molecular complexity index is 3240. The van der Waals surface area contributed by atoms with Crippen LogP contribution in [0.5, 0.6) is 0 Å². The minimum absolute atomic E-state index is 1.11. The monoisotopic (exact) mass is 729 g/mol. The molecule has 11 rings (SSSR count). The second-order valence-corrected chi connectivity index (χ2v) is 15.5. The molecule has 0 saturated heterocycles. The molecule has 11 aromatic rings. The first-order valence-corrected chi connectivity index (χ1v) is 20.0. The van der Waals surface area contributed by atoms with Crippen LogP contribution in [0.15, 0.2) is 212 Å². The van der Waals surface area contributed by atoms with Crippen LogP contribution >= 0.6 is 11.3 Å². The quantitative estimate of drug-likeness (QED) is 0.154. The fourth-order valence-electron chi connectivity index (χ4n) is 8.68. The van der Waals surface area contributed by atoms with Gasteiger partial charge in [-0.15, -0.1) is 11.3 Å². The van der Waals surface area contributed by atoms with E-state index in [1.54, 1.807) is 0 Å². The first-order chi connectivity index (χ1) is 27.8. The number of nitrogens with zero attached hydrogens (tertiary/aromatic N) is 1. The maximum atomic E-state index is 2.55. The number of thiophene rings is 1. The summed E-state index contributed by atoms with van der Waals surface area (Å²) in [7, 11) is 0. The molecule has 262 valence electrons. The van der Waals surface area contributed by atoms with Crippen LogP contribution in [0.3, 0.4) is 0 Å². The van der Waals surface area contributed by atoms with Crippen LogP contribution < -0.4 is 4.90 Å².